The lowest BCUT2D eigenvalue weighted by atomic mass is 10.2. The number of aryl methyl sites for hydroxylation is 1. The molecule has 2 aromatic heterocycles. The number of carbonyl (C=O) groups is 1. The lowest BCUT2D eigenvalue weighted by Crippen LogP contribution is -2.36. The first-order chi connectivity index (χ1) is 11.7. The molecule has 0 radical (unpaired) electrons. The summed E-state index contributed by atoms with van der Waals surface area (Å²) in [6.07, 6.45) is 4.55. The molecule has 0 bridgehead atoms. The molecule has 1 fully saturated rings. The molecule has 128 valence electrons. The van der Waals surface area contributed by atoms with Crippen molar-refractivity contribution in [1.82, 2.24) is 14.9 Å². The van der Waals surface area contributed by atoms with Crippen LogP contribution in [0.4, 0.5) is 5.69 Å². The lowest BCUT2D eigenvalue weighted by Gasteiger charge is -2.29. The number of carbonyl (C=O) groups excluding carboxylic acids is 1. The Labute approximate surface area is 146 Å². The van der Waals surface area contributed by atoms with Crippen molar-refractivity contribution < 1.29 is 9.53 Å². The number of pyridine rings is 1. The summed E-state index contributed by atoms with van der Waals surface area (Å²) >= 11 is 1.65. The highest BCUT2D eigenvalue weighted by Crippen LogP contribution is 2.19. The van der Waals surface area contributed by atoms with Crippen LogP contribution >= 0.6 is 11.3 Å². The minimum atomic E-state index is -0.0849. The van der Waals surface area contributed by atoms with Gasteiger partial charge in [0.25, 0.3) is 5.91 Å². The van der Waals surface area contributed by atoms with Crippen molar-refractivity contribution in [1.29, 1.82) is 0 Å². The monoisotopic (exact) mass is 346 g/mol. The van der Waals surface area contributed by atoms with Crippen molar-refractivity contribution in [2.45, 2.75) is 19.9 Å². The molecule has 3 rings (SSSR count). The van der Waals surface area contributed by atoms with Gasteiger partial charge in [-0.3, -0.25) is 9.78 Å². The molecule has 24 heavy (non-hydrogen) atoms. The van der Waals surface area contributed by atoms with Crippen LogP contribution < -0.4 is 4.90 Å². The van der Waals surface area contributed by atoms with E-state index < -0.39 is 0 Å². The highest BCUT2D eigenvalue weighted by molar-refractivity contribution is 7.11. The van der Waals surface area contributed by atoms with Crippen LogP contribution in [-0.2, 0) is 17.7 Å². The van der Waals surface area contributed by atoms with Gasteiger partial charge < -0.3 is 14.5 Å². The number of aromatic nitrogens is 2. The lowest BCUT2D eigenvalue weighted by molar-refractivity contribution is 0.0779. The Morgan fingerprint density at radius 1 is 1.38 bits per heavy atom. The molecule has 0 atom stereocenters. The quantitative estimate of drug-likeness (QED) is 0.831. The fourth-order valence-corrected chi connectivity index (χ4v) is 3.53. The summed E-state index contributed by atoms with van der Waals surface area (Å²) < 4.78 is 5.38. The SMILES string of the molecule is CCc1cnc(CN(C)C(=O)c2cc(N3CCOCC3)ccn2)s1. The minimum Gasteiger partial charge on any atom is -0.378 e. The van der Waals surface area contributed by atoms with Gasteiger partial charge in [0.15, 0.2) is 0 Å². The fourth-order valence-electron chi connectivity index (χ4n) is 2.61. The molecular weight excluding hydrogens is 324 g/mol. The molecule has 0 aliphatic carbocycles. The van der Waals surface area contributed by atoms with Gasteiger partial charge in [0.05, 0.1) is 19.8 Å². The number of anilines is 1. The molecule has 3 heterocycles. The Kier molecular flexibility index (Phi) is 5.42. The first-order valence-electron chi connectivity index (χ1n) is 8.15. The van der Waals surface area contributed by atoms with Gasteiger partial charge in [-0.15, -0.1) is 11.3 Å². The second-order valence-electron chi connectivity index (χ2n) is 5.73. The van der Waals surface area contributed by atoms with Gasteiger partial charge in [0.1, 0.15) is 10.7 Å². The van der Waals surface area contributed by atoms with Crippen LogP contribution in [0.1, 0.15) is 27.3 Å². The number of hydrogen-bond acceptors (Lipinski definition) is 6. The van der Waals surface area contributed by atoms with Crippen LogP contribution in [0.2, 0.25) is 0 Å². The van der Waals surface area contributed by atoms with E-state index in [1.54, 1.807) is 29.5 Å². The number of thiazole rings is 1. The Morgan fingerprint density at radius 2 is 2.17 bits per heavy atom. The predicted octanol–water partition coefficient (Wildman–Crippen LogP) is 2.21. The maximum absolute atomic E-state index is 12.7. The molecule has 6 nitrogen and oxygen atoms in total. The van der Waals surface area contributed by atoms with Crippen molar-refractivity contribution in [2.24, 2.45) is 0 Å². The van der Waals surface area contributed by atoms with Crippen LogP contribution in [0.3, 0.4) is 0 Å². The van der Waals surface area contributed by atoms with E-state index >= 15 is 0 Å². The molecule has 1 aliphatic rings. The van der Waals surface area contributed by atoms with Gasteiger partial charge >= 0.3 is 0 Å². The van der Waals surface area contributed by atoms with Gasteiger partial charge in [0.2, 0.25) is 0 Å². The summed E-state index contributed by atoms with van der Waals surface area (Å²) in [7, 11) is 1.79. The summed E-state index contributed by atoms with van der Waals surface area (Å²) in [5, 5.41) is 0.951. The summed E-state index contributed by atoms with van der Waals surface area (Å²) in [6, 6.07) is 3.81. The number of hydrogen-bond donors (Lipinski definition) is 0. The van der Waals surface area contributed by atoms with E-state index in [4.69, 9.17) is 4.74 Å². The van der Waals surface area contributed by atoms with Crippen molar-refractivity contribution in [3.63, 3.8) is 0 Å². The molecular formula is C17H22N4O2S. The van der Waals surface area contributed by atoms with Crippen LogP contribution in [0.25, 0.3) is 0 Å². The van der Waals surface area contributed by atoms with Crippen LogP contribution in [0.15, 0.2) is 24.5 Å². The summed E-state index contributed by atoms with van der Waals surface area (Å²) in [6.45, 7) is 5.73. The molecule has 7 heteroatoms. The highest BCUT2D eigenvalue weighted by atomic mass is 32.1. The van der Waals surface area contributed by atoms with Crippen LogP contribution in [-0.4, -0.2) is 54.1 Å². The van der Waals surface area contributed by atoms with Gasteiger partial charge in [-0.1, -0.05) is 6.92 Å². The number of morpholine rings is 1. The summed E-state index contributed by atoms with van der Waals surface area (Å²) in [5.41, 5.74) is 1.49. The standard InChI is InChI=1S/C17H22N4O2S/c1-3-14-11-19-16(24-14)12-20(2)17(22)15-10-13(4-5-18-15)21-6-8-23-9-7-21/h4-5,10-11H,3,6-9,12H2,1-2H3. The third-order valence-corrected chi connectivity index (χ3v) is 5.13. The van der Waals surface area contributed by atoms with E-state index in [0.717, 1.165) is 43.4 Å². The molecule has 1 saturated heterocycles. The Balaban J connectivity index is 1.69. The average Bonchev–Trinajstić information content (AvgIpc) is 3.09. The third-order valence-electron chi connectivity index (χ3n) is 4.01. The molecule has 0 unspecified atom stereocenters. The molecule has 0 N–H and O–H groups in total. The van der Waals surface area contributed by atoms with Gasteiger partial charge in [-0.25, -0.2) is 4.98 Å². The first-order valence-corrected chi connectivity index (χ1v) is 8.97. The molecule has 0 spiro atoms. The zero-order valence-corrected chi connectivity index (χ0v) is 14.9. The number of rotatable bonds is 5. The van der Waals surface area contributed by atoms with E-state index in [2.05, 4.69) is 21.8 Å². The van der Waals surface area contributed by atoms with Gasteiger partial charge in [-0.05, 0) is 18.6 Å². The topological polar surface area (TPSA) is 58.6 Å². The maximum Gasteiger partial charge on any atom is 0.272 e. The van der Waals surface area contributed by atoms with E-state index in [1.165, 1.54) is 4.88 Å². The largest absolute Gasteiger partial charge is 0.378 e. The Hall–Kier alpha value is -1.99. The molecule has 1 aliphatic heterocycles. The van der Waals surface area contributed by atoms with Crippen molar-refractivity contribution in [2.75, 3.05) is 38.3 Å². The number of ether oxygens (including phenoxy) is 1. The maximum atomic E-state index is 12.7. The highest BCUT2D eigenvalue weighted by Gasteiger charge is 2.18. The zero-order valence-electron chi connectivity index (χ0n) is 14.1. The third kappa shape index (κ3) is 3.91. The van der Waals surface area contributed by atoms with E-state index in [9.17, 15) is 4.79 Å². The molecule has 0 aromatic carbocycles. The predicted molar refractivity (Wildman–Crippen MR) is 94.6 cm³/mol. The minimum absolute atomic E-state index is 0.0849. The molecule has 1 amide bonds. The molecule has 0 saturated carbocycles. The normalized spacial score (nSPS) is 14.7. The fraction of sp³-hybridized carbons (Fsp3) is 0.471. The smallest absolute Gasteiger partial charge is 0.272 e. The van der Waals surface area contributed by atoms with E-state index in [1.807, 2.05) is 18.3 Å². The van der Waals surface area contributed by atoms with Gasteiger partial charge in [-0.2, -0.15) is 0 Å². The van der Waals surface area contributed by atoms with Crippen molar-refractivity contribution >= 4 is 22.9 Å². The second kappa shape index (κ2) is 7.72. The summed E-state index contributed by atoms with van der Waals surface area (Å²) in [5.74, 6) is -0.0849. The Bertz CT molecular complexity index is 697. The zero-order chi connectivity index (χ0) is 16.9. The number of amides is 1. The number of nitrogens with zero attached hydrogens (tertiary/aromatic N) is 4. The molecule has 2 aromatic rings. The van der Waals surface area contributed by atoms with E-state index in [-0.39, 0.29) is 5.91 Å². The summed E-state index contributed by atoms with van der Waals surface area (Å²) in [4.78, 5) is 26.4. The first kappa shape index (κ1) is 16.9. The average molecular weight is 346 g/mol. The Morgan fingerprint density at radius 3 is 2.88 bits per heavy atom. The van der Waals surface area contributed by atoms with E-state index in [0.29, 0.717) is 12.2 Å². The van der Waals surface area contributed by atoms with Gasteiger partial charge in [0, 0.05) is 43.1 Å². The van der Waals surface area contributed by atoms with Crippen molar-refractivity contribution in [3.05, 3.63) is 40.1 Å². The van der Waals surface area contributed by atoms with Crippen molar-refractivity contribution in [3.8, 4) is 0 Å². The van der Waals surface area contributed by atoms with Crippen LogP contribution in [0.5, 0.6) is 0 Å². The second-order valence-corrected chi connectivity index (χ2v) is 6.93. The van der Waals surface area contributed by atoms with Crippen LogP contribution in [0, 0.1) is 0 Å².